The van der Waals surface area contributed by atoms with E-state index in [1.54, 1.807) is 21.1 Å². The summed E-state index contributed by atoms with van der Waals surface area (Å²) < 4.78 is 17.1. The molecule has 8 nitrogen and oxygen atoms in total. The number of likely N-dealkylation sites (N-methyl/N-ethyl adjacent to an activating group) is 1. The second-order valence-electron chi connectivity index (χ2n) is 14.8. The SMILES string of the molecule is CC/C=C/C/C=C/C/C=C/CCCCCCCCCCCC(=O)OC(COCCC(C(=O)[O-])[N+](C)(C)C)COC(=O)CCC/C=C/C/C=C/C/C=C/CC. The van der Waals surface area contributed by atoms with E-state index in [1.165, 1.54) is 38.5 Å². The standard InChI is InChI=1S/C46H77NO7/c1-6-8-10-12-14-16-18-19-20-21-22-23-24-25-27-29-31-33-35-37-45(49)54-42(40-52-39-38-43(46(50)51)47(3,4)5)41-53-44(48)36-34-32-30-28-26-17-15-13-11-9-7-2/h8-11,14-17,19-20,28,30,42-43H,6-7,12-13,18,21-27,29,31-41H2,1-5H3/b10-8+,11-9+,16-14+,17-15+,20-19+,30-28+. The van der Waals surface area contributed by atoms with Gasteiger partial charge >= 0.3 is 11.9 Å². The van der Waals surface area contributed by atoms with Gasteiger partial charge in [-0.2, -0.15) is 0 Å². The maximum absolute atomic E-state index is 12.7. The highest BCUT2D eigenvalue weighted by Gasteiger charge is 2.25. The summed E-state index contributed by atoms with van der Waals surface area (Å²) in [6, 6.07) is -0.736. The highest BCUT2D eigenvalue weighted by atomic mass is 16.6. The zero-order valence-corrected chi connectivity index (χ0v) is 34.9. The summed E-state index contributed by atoms with van der Waals surface area (Å²) >= 11 is 0. The monoisotopic (exact) mass is 756 g/mol. The molecule has 0 heterocycles. The lowest BCUT2D eigenvalue weighted by molar-refractivity contribution is -0.889. The van der Waals surface area contributed by atoms with Crippen LogP contribution in [-0.4, -0.2) is 75.5 Å². The fraction of sp³-hybridized carbons (Fsp3) is 0.674. The third-order valence-electron chi connectivity index (χ3n) is 8.84. The van der Waals surface area contributed by atoms with Gasteiger partial charge in [0.15, 0.2) is 6.10 Å². The minimum atomic E-state index is -1.14. The van der Waals surface area contributed by atoms with Gasteiger partial charge in [0.1, 0.15) is 12.6 Å². The summed E-state index contributed by atoms with van der Waals surface area (Å²) in [5.74, 6) is -1.82. The smallest absolute Gasteiger partial charge is 0.306 e. The molecule has 0 aromatic rings. The Balaban J connectivity index is 4.39. The molecule has 0 N–H and O–H groups in total. The van der Waals surface area contributed by atoms with Crippen LogP contribution in [0.5, 0.6) is 0 Å². The van der Waals surface area contributed by atoms with E-state index in [2.05, 4.69) is 86.8 Å². The molecule has 0 rings (SSSR count). The van der Waals surface area contributed by atoms with Crippen molar-refractivity contribution in [1.82, 2.24) is 0 Å². The molecule has 2 unspecified atom stereocenters. The van der Waals surface area contributed by atoms with Crippen LogP contribution in [0.1, 0.15) is 149 Å². The average Bonchev–Trinajstić information content (AvgIpc) is 3.12. The van der Waals surface area contributed by atoms with Gasteiger partial charge in [0.2, 0.25) is 0 Å². The van der Waals surface area contributed by atoms with Crippen LogP contribution in [-0.2, 0) is 28.6 Å². The fourth-order valence-corrected chi connectivity index (χ4v) is 5.64. The molecule has 0 amide bonds. The van der Waals surface area contributed by atoms with E-state index in [1.807, 2.05) is 0 Å². The molecular weight excluding hydrogens is 679 g/mol. The number of esters is 2. The van der Waals surface area contributed by atoms with E-state index in [-0.39, 0.29) is 49.1 Å². The zero-order chi connectivity index (χ0) is 40.0. The number of quaternary nitrogens is 1. The number of rotatable bonds is 36. The van der Waals surface area contributed by atoms with Crippen molar-refractivity contribution in [1.29, 1.82) is 0 Å². The lowest BCUT2D eigenvalue weighted by atomic mass is 10.1. The number of hydrogen-bond acceptors (Lipinski definition) is 7. The van der Waals surface area contributed by atoms with Gasteiger partial charge in [-0.05, 0) is 70.6 Å². The van der Waals surface area contributed by atoms with Crippen LogP contribution in [0.4, 0.5) is 0 Å². The van der Waals surface area contributed by atoms with Crippen molar-refractivity contribution in [3.63, 3.8) is 0 Å². The van der Waals surface area contributed by atoms with Crippen molar-refractivity contribution in [3.05, 3.63) is 72.9 Å². The van der Waals surface area contributed by atoms with Crippen LogP contribution in [0.2, 0.25) is 0 Å². The van der Waals surface area contributed by atoms with Gasteiger partial charge in [-0.3, -0.25) is 9.59 Å². The third kappa shape index (κ3) is 34.5. The Morgan fingerprint density at radius 2 is 1.00 bits per heavy atom. The molecule has 0 bridgehead atoms. The number of carbonyl (C=O) groups is 3. The van der Waals surface area contributed by atoms with Gasteiger partial charge in [0, 0.05) is 19.3 Å². The van der Waals surface area contributed by atoms with Gasteiger partial charge in [0.25, 0.3) is 0 Å². The normalized spacial score (nSPS) is 13.7. The molecule has 0 aliphatic rings. The van der Waals surface area contributed by atoms with E-state index in [4.69, 9.17) is 14.2 Å². The molecule has 308 valence electrons. The lowest BCUT2D eigenvalue weighted by Gasteiger charge is -2.34. The highest BCUT2D eigenvalue weighted by molar-refractivity contribution is 5.70. The van der Waals surface area contributed by atoms with Crippen molar-refractivity contribution in [2.45, 2.75) is 161 Å². The number of nitrogens with zero attached hydrogens (tertiary/aromatic N) is 1. The number of carboxylic acid groups (broad SMARTS) is 1. The first kappa shape index (κ1) is 50.8. The second-order valence-corrected chi connectivity index (χ2v) is 14.8. The van der Waals surface area contributed by atoms with E-state index >= 15 is 0 Å². The predicted octanol–water partition coefficient (Wildman–Crippen LogP) is 9.85. The summed E-state index contributed by atoms with van der Waals surface area (Å²) in [6.45, 7) is 4.35. The number of ether oxygens (including phenoxy) is 3. The maximum atomic E-state index is 12.7. The Morgan fingerprint density at radius 1 is 0.556 bits per heavy atom. The van der Waals surface area contributed by atoms with Crippen LogP contribution >= 0.6 is 0 Å². The first-order valence-electron chi connectivity index (χ1n) is 21.0. The Kier molecular flexibility index (Phi) is 34.5. The molecule has 2 atom stereocenters. The first-order chi connectivity index (χ1) is 26.1. The molecule has 0 saturated heterocycles. The van der Waals surface area contributed by atoms with Crippen LogP contribution < -0.4 is 5.11 Å². The minimum absolute atomic E-state index is 0.0191. The fourth-order valence-electron chi connectivity index (χ4n) is 5.64. The molecule has 0 aromatic heterocycles. The zero-order valence-electron chi connectivity index (χ0n) is 34.9. The average molecular weight is 756 g/mol. The number of unbranched alkanes of at least 4 members (excludes halogenated alkanes) is 10. The summed E-state index contributed by atoms with van der Waals surface area (Å²) in [5, 5.41) is 11.6. The van der Waals surface area contributed by atoms with Gasteiger partial charge in [-0.15, -0.1) is 0 Å². The number of aliphatic carboxylic acids is 1. The van der Waals surface area contributed by atoms with Crippen molar-refractivity contribution < 1.29 is 38.2 Å². The predicted molar refractivity (Wildman–Crippen MR) is 222 cm³/mol. The highest BCUT2D eigenvalue weighted by Crippen LogP contribution is 2.13. The van der Waals surface area contributed by atoms with Gasteiger partial charge < -0.3 is 28.6 Å². The van der Waals surface area contributed by atoms with Crippen molar-refractivity contribution in [3.8, 4) is 0 Å². The van der Waals surface area contributed by atoms with E-state index < -0.39 is 18.1 Å². The molecule has 0 aliphatic carbocycles. The number of hydrogen-bond donors (Lipinski definition) is 0. The van der Waals surface area contributed by atoms with E-state index in [9.17, 15) is 19.5 Å². The molecule has 0 aliphatic heterocycles. The Bertz CT molecular complexity index is 1110. The number of carbonyl (C=O) groups excluding carboxylic acids is 3. The molecule has 0 saturated carbocycles. The largest absolute Gasteiger partial charge is 0.544 e. The molecule has 54 heavy (non-hydrogen) atoms. The quantitative estimate of drug-likeness (QED) is 0.0272. The van der Waals surface area contributed by atoms with E-state index in [0.717, 1.165) is 70.6 Å². The first-order valence-corrected chi connectivity index (χ1v) is 21.0. The molecule has 0 aromatic carbocycles. The molecule has 0 spiro atoms. The van der Waals surface area contributed by atoms with E-state index in [0.29, 0.717) is 12.8 Å². The van der Waals surface area contributed by atoms with Crippen molar-refractivity contribution >= 4 is 17.9 Å². The summed E-state index contributed by atoms with van der Waals surface area (Å²) in [4.78, 5) is 36.7. The number of carboxylic acids is 1. The van der Waals surface area contributed by atoms with Crippen molar-refractivity contribution in [2.24, 2.45) is 0 Å². The molecule has 8 heteroatoms. The minimum Gasteiger partial charge on any atom is -0.544 e. The summed E-state index contributed by atoms with van der Waals surface area (Å²) in [6.07, 6.45) is 45.1. The van der Waals surface area contributed by atoms with Gasteiger partial charge in [0.05, 0.1) is 40.3 Å². The Morgan fingerprint density at radius 3 is 1.50 bits per heavy atom. The Labute approximate surface area is 330 Å². The maximum Gasteiger partial charge on any atom is 0.306 e. The molecule has 0 fully saturated rings. The van der Waals surface area contributed by atoms with Crippen molar-refractivity contribution in [2.75, 3.05) is 41.0 Å². The van der Waals surface area contributed by atoms with Gasteiger partial charge in [-0.25, -0.2) is 0 Å². The third-order valence-corrected chi connectivity index (χ3v) is 8.84. The summed E-state index contributed by atoms with van der Waals surface area (Å²) in [7, 11) is 5.38. The van der Waals surface area contributed by atoms with Gasteiger partial charge in [-0.1, -0.05) is 132 Å². The summed E-state index contributed by atoms with van der Waals surface area (Å²) in [5.41, 5.74) is 0. The van der Waals surface area contributed by atoms with Crippen LogP contribution in [0.15, 0.2) is 72.9 Å². The Hall–Kier alpha value is -3.23. The van der Waals surface area contributed by atoms with Crippen LogP contribution in [0.3, 0.4) is 0 Å². The molecule has 0 radical (unpaired) electrons. The molecular formula is C46H77NO7. The van der Waals surface area contributed by atoms with Crippen LogP contribution in [0.25, 0.3) is 0 Å². The van der Waals surface area contributed by atoms with Crippen LogP contribution in [0, 0.1) is 0 Å². The number of allylic oxidation sites excluding steroid dienone is 12. The lowest BCUT2D eigenvalue weighted by Crippen LogP contribution is -2.55. The second kappa shape index (κ2) is 36.7. The topological polar surface area (TPSA) is 102 Å².